The second kappa shape index (κ2) is 10.4. The molecule has 6 nitrogen and oxygen atoms in total. The molecular weight excluding hydrogens is 430 g/mol. The average molecular weight is 458 g/mol. The highest BCUT2D eigenvalue weighted by atomic mass is 16.5. The standard InChI is InChI=1S/C28H27NO5/c1-19-15-25-23(17-27(30)31)7-4-8-26(25)29(19)28(32)22-9-11-24(12-10-22)34-14-13-20-5-3-6-21(16-20)18-33-2/h3-12,15-16H,13-14,17-18H2,1-2H3,(H,30,31). The summed E-state index contributed by atoms with van der Waals surface area (Å²) in [6, 6.07) is 22.6. The number of aromatic nitrogens is 1. The minimum atomic E-state index is -0.900. The number of carbonyl (C=O) groups excluding carboxylic acids is 1. The minimum absolute atomic E-state index is 0.0856. The highest BCUT2D eigenvalue weighted by Crippen LogP contribution is 2.25. The van der Waals surface area contributed by atoms with Gasteiger partial charge < -0.3 is 14.6 Å². The first-order chi connectivity index (χ1) is 16.5. The van der Waals surface area contributed by atoms with Crippen molar-refractivity contribution in [1.29, 1.82) is 0 Å². The molecule has 4 aromatic rings. The van der Waals surface area contributed by atoms with E-state index in [1.165, 1.54) is 5.56 Å². The van der Waals surface area contributed by atoms with Crippen LogP contribution in [-0.4, -0.2) is 35.3 Å². The van der Waals surface area contributed by atoms with Gasteiger partial charge in [0.05, 0.1) is 25.2 Å². The van der Waals surface area contributed by atoms with Crippen molar-refractivity contribution in [1.82, 2.24) is 4.57 Å². The molecule has 0 bridgehead atoms. The lowest BCUT2D eigenvalue weighted by atomic mass is 10.1. The van der Waals surface area contributed by atoms with Crippen LogP contribution in [0.4, 0.5) is 0 Å². The zero-order chi connectivity index (χ0) is 24.1. The quantitative estimate of drug-likeness (QED) is 0.381. The Bertz CT molecular complexity index is 1320. The predicted octanol–water partition coefficient (Wildman–Crippen LogP) is 5.03. The zero-order valence-corrected chi connectivity index (χ0v) is 19.3. The van der Waals surface area contributed by atoms with Gasteiger partial charge in [0.1, 0.15) is 5.75 Å². The highest BCUT2D eigenvalue weighted by molar-refractivity contribution is 6.04. The largest absolute Gasteiger partial charge is 0.493 e. The Morgan fingerprint density at radius 2 is 1.68 bits per heavy atom. The van der Waals surface area contributed by atoms with Crippen molar-refractivity contribution >= 4 is 22.8 Å². The summed E-state index contributed by atoms with van der Waals surface area (Å²) in [6.07, 6.45) is 0.684. The molecule has 0 aliphatic rings. The number of carboxylic acids is 1. The van der Waals surface area contributed by atoms with Crippen LogP contribution < -0.4 is 4.74 Å². The molecule has 0 fully saturated rings. The Labute approximate surface area is 198 Å². The van der Waals surface area contributed by atoms with E-state index in [1.807, 2.05) is 31.2 Å². The van der Waals surface area contributed by atoms with Crippen LogP contribution in [0.2, 0.25) is 0 Å². The van der Waals surface area contributed by atoms with Gasteiger partial charge in [-0.2, -0.15) is 0 Å². The molecule has 3 aromatic carbocycles. The summed E-state index contributed by atoms with van der Waals surface area (Å²) in [5.74, 6) is -0.369. The molecule has 0 aliphatic carbocycles. The van der Waals surface area contributed by atoms with Gasteiger partial charge in [0, 0.05) is 30.2 Å². The molecule has 0 radical (unpaired) electrons. The summed E-state index contributed by atoms with van der Waals surface area (Å²) in [6.45, 7) is 2.96. The number of carbonyl (C=O) groups is 2. The summed E-state index contributed by atoms with van der Waals surface area (Å²) in [4.78, 5) is 24.5. The van der Waals surface area contributed by atoms with Crippen molar-refractivity contribution in [3.63, 3.8) is 0 Å². The molecule has 0 aliphatic heterocycles. The molecule has 34 heavy (non-hydrogen) atoms. The molecule has 1 heterocycles. The molecular formula is C28H27NO5. The van der Waals surface area contributed by atoms with Gasteiger partial charge in [-0.05, 0) is 60.0 Å². The molecule has 1 N–H and O–H groups in total. The molecule has 0 amide bonds. The first-order valence-corrected chi connectivity index (χ1v) is 11.1. The Morgan fingerprint density at radius 1 is 0.941 bits per heavy atom. The number of benzene rings is 3. The Morgan fingerprint density at radius 3 is 2.41 bits per heavy atom. The maximum Gasteiger partial charge on any atom is 0.307 e. The molecule has 1 aromatic heterocycles. The lowest BCUT2D eigenvalue weighted by Crippen LogP contribution is -2.13. The average Bonchev–Trinajstić information content (AvgIpc) is 3.16. The van der Waals surface area contributed by atoms with Crippen LogP contribution in [0.5, 0.6) is 5.75 Å². The van der Waals surface area contributed by atoms with Crippen LogP contribution in [0.1, 0.15) is 32.7 Å². The Balaban J connectivity index is 1.45. The van der Waals surface area contributed by atoms with Gasteiger partial charge in [0.25, 0.3) is 5.91 Å². The summed E-state index contributed by atoms with van der Waals surface area (Å²) in [7, 11) is 1.68. The van der Waals surface area contributed by atoms with Crippen molar-refractivity contribution in [2.24, 2.45) is 0 Å². The van der Waals surface area contributed by atoms with Gasteiger partial charge in [0.2, 0.25) is 0 Å². The normalized spacial score (nSPS) is 11.0. The summed E-state index contributed by atoms with van der Waals surface area (Å²) in [5, 5.41) is 9.97. The second-order valence-corrected chi connectivity index (χ2v) is 8.22. The number of aryl methyl sites for hydroxylation is 1. The number of ether oxygens (including phenoxy) is 2. The third kappa shape index (κ3) is 5.18. The van der Waals surface area contributed by atoms with E-state index >= 15 is 0 Å². The second-order valence-electron chi connectivity index (χ2n) is 8.22. The van der Waals surface area contributed by atoms with Crippen LogP contribution in [0.3, 0.4) is 0 Å². The van der Waals surface area contributed by atoms with Crippen LogP contribution in [0.15, 0.2) is 72.8 Å². The van der Waals surface area contributed by atoms with Crippen molar-refractivity contribution in [3.05, 3.63) is 101 Å². The van der Waals surface area contributed by atoms with E-state index in [-0.39, 0.29) is 12.3 Å². The number of nitrogens with zero attached hydrogens (tertiary/aromatic N) is 1. The van der Waals surface area contributed by atoms with Crippen LogP contribution >= 0.6 is 0 Å². The first kappa shape index (κ1) is 23.3. The van der Waals surface area contributed by atoms with Crippen molar-refractivity contribution in [2.45, 2.75) is 26.4 Å². The smallest absolute Gasteiger partial charge is 0.307 e. The molecule has 0 spiro atoms. The highest BCUT2D eigenvalue weighted by Gasteiger charge is 2.17. The van der Waals surface area contributed by atoms with E-state index < -0.39 is 5.97 Å². The van der Waals surface area contributed by atoms with E-state index in [2.05, 4.69) is 12.1 Å². The van der Waals surface area contributed by atoms with Crippen LogP contribution in [-0.2, 0) is 29.0 Å². The van der Waals surface area contributed by atoms with Gasteiger partial charge in [0.15, 0.2) is 0 Å². The van der Waals surface area contributed by atoms with Gasteiger partial charge in [-0.3, -0.25) is 14.2 Å². The maximum atomic E-state index is 13.3. The molecule has 0 saturated heterocycles. The number of aliphatic carboxylic acids is 1. The number of hydrogen-bond acceptors (Lipinski definition) is 4. The maximum absolute atomic E-state index is 13.3. The Kier molecular flexibility index (Phi) is 7.09. The first-order valence-electron chi connectivity index (χ1n) is 11.1. The van der Waals surface area contributed by atoms with Gasteiger partial charge in [-0.15, -0.1) is 0 Å². The lowest BCUT2D eigenvalue weighted by molar-refractivity contribution is -0.136. The SMILES string of the molecule is COCc1cccc(CCOc2ccc(C(=O)n3c(C)cc4c(CC(=O)O)cccc43)cc2)c1. The fourth-order valence-corrected chi connectivity index (χ4v) is 4.16. The fraction of sp³-hybridized carbons (Fsp3) is 0.214. The number of carboxylic acid groups (broad SMARTS) is 1. The van der Waals surface area contributed by atoms with Gasteiger partial charge >= 0.3 is 5.97 Å². The number of hydrogen-bond donors (Lipinski definition) is 1. The van der Waals surface area contributed by atoms with Crippen molar-refractivity contribution in [2.75, 3.05) is 13.7 Å². The molecule has 4 rings (SSSR count). The summed E-state index contributed by atoms with van der Waals surface area (Å²) >= 11 is 0. The lowest BCUT2D eigenvalue weighted by Gasteiger charge is -2.10. The fourth-order valence-electron chi connectivity index (χ4n) is 4.16. The molecule has 6 heteroatoms. The molecule has 0 atom stereocenters. The topological polar surface area (TPSA) is 77.8 Å². The summed E-state index contributed by atoms with van der Waals surface area (Å²) in [5.41, 5.74) is 5.00. The number of rotatable bonds is 9. The van der Waals surface area contributed by atoms with Gasteiger partial charge in [-0.25, -0.2) is 0 Å². The molecule has 174 valence electrons. The van der Waals surface area contributed by atoms with Crippen molar-refractivity contribution < 1.29 is 24.2 Å². The van der Waals surface area contributed by atoms with E-state index in [0.29, 0.717) is 35.6 Å². The van der Waals surface area contributed by atoms with E-state index in [9.17, 15) is 14.7 Å². The molecule has 0 saturated carbocycles. The van der Waals surface area contributed by atoms with Crippen LogP contribution in [0, 0.1) is 6.92 Å². The predicted molar refractivity (Wildman–Crippen MR) is 131 cm³/mol. The van der Waals surface area contributed by atoms with Crippen molar-refractivity contribution in [3.8, 4) is 5.75 Å². The monoisotopic (exact) mass is 457 g/mol. The van der Waals surface area contributed by atoms with E-state index in [1.54, 1.807) is 48.1 Å². The Hall–Kier alpha value is -3.90. The van der Waals surface area contributed by atoms with Gasteiger partial charge in [-0.1, -0.05) is 36.4 Å². The summed E-state index contributed by atoms with van der Waals surface area (Å²) < 4.78 is 12.7. The van der Waals surface area contributed by atoms with E-state index in [4.69, 9.17) is 9.47 Å². The number of methoxy groups -OCH3 is 1. The zero-order valence-electron chi connectivity index (χ0n) is 19.3. The minimum Gasteiger partial charge on any atom is -0.493 e. The number of fused-ring (bicyclic) bond motifs is 1. The third-order valence-corrected chi connectivity index (χ3v) is 5.73. The van der Waals surface area contributed by atoms with Crippen LogP contribution in [0.25, 0.3) is 10.9 Å². The third-order valence-electron chi connectivity index (χ3n) is 5.73. The molecule has 0 unspecified atom stereocenters. The van der Waals surface area contributed by atoms with E-state index in [0.717, 1.165) is 23.1 Å².